The number of fused-ring (bicyclic) bond motifs is 1. The molecule has 0 aromatic heterocycles. The third kappa shape index (κ3) is 5.02. The first-order chi connectivity index (χ1) is 17.0. The van der Waals surface area contributed by atoms with Gasteiger partial charge in [-0.3, -0.25) is 4.79 Å². The second kappa shape index (κ2) is 10.1. The summed E-state index contributed by atoms with van der Waals surface area (Å²) in [6.07, 6.45) is 6.16. The van der Waals surface area contributed by atoms with E-state index in [4.69, 9.17) is 0 Å². The molecule has 1 aliphatic carbocycles. The van der Waals surface area contributed by atoms with Crippen molar-refractivity contribution in [3.05, 3.63) is 71.3 Å². The lowest BCUT2D eigenvalue weighted by atomic mass is 9.74. The van der Waals surface area contributed by atoms with Crippen LogP contribution < -0.4 is 0 Å². The number of amides is 1. The Morgan fingerprint density at radius 1 is 1.00 bits per heavy atom. The van der Waals surface area contributed by atoms with Crippen molar-refractivity contribution in [2.24, 2.45) is 5.92 Å². The Kier molecular flexibility index (Phi) is 6.97. The molecule has 6 nitrogen and oxygen atoms in total. The van der Waals surface area contributed by atoms with Gasteiger partial charge in [0.1, 0.15) is 0 Å². The molecule has 0 spiro atoms. The number of hydrogen-bond acceptors (Lipinski definition) is 4. The van der Waals surface area contributed by atoms with E-state index in [1.54, 1.807) is 17.0 Å². The van der Waals surface area contributed by atoms with Crippen molar-refractivity contribution < 1.29 is 18.3 Å². The monoisotopic (exact) mass is 492 g/mol. The summed E-state index contributed by atoms with van der Waals surface area (Å²) < 4.78 is 27.5. The van der Waals surface area contributed by atoms with Gasteiger partial charge in [0.25, 0.3) is 0 Å². The largest absolute Gasteiger partial charge is 0.394 e. The van der Waals surface area contributed by atoms with Crippen LogP contribution in [0.1, 0.15) is 54.7 Å². The van der Waals surface area contributed by atoms with E-state index in [9.17, 15) is 18.3 Å². The fraction of sp³-hybridized carbons (Fsp3) is 0.464. The van der Waals surface area contributed by atoms with Gasteiger partial charge in [0.05, 0.1) is 31.0 Å². The van der Waals surface area contributed by atoms with Crippen molar-refractivity contribution in [2.45, 2.75) is 55.9 Å². The first-order valence-corrected chi connectivity index (χ1v) is 14.1. The zero-order chi connectivity index (χ0) is 24.4. The second-order valence-corrected chi connectivity index (χ2v) is 11.9. The van der Waals surface area contributed by atoms with Gasteiger partial charge in [-0.05, 0) is 42.0 Å². The third-order valence-electron chi connectivity index (χ3n) is 7.70. The molecule has 3 aliphatic rings. The molecule has 184 valence electrons. The van der Waals surface area contributed by atoms with E-state index in [2.05, 4.69) is 11.8 Å². The number of hydrogen-bond donors (Lipinski definition) is 1. The number of rotatable bonds is 6. The second-order valence-electron chi connectivity index (χ2n) is 9.96. The summed E-state index contributed by atoms with van der Waals surface area (Å²) in [5.74, 6) is 6.82. The van der Waals surface area contributed by atoms with Crippen molar-refractivity contribution in [3.63, 3.8) is 0 Å². The SMILES string of the molecule is O=C1CN(S(=O)(=O)Cc2ccccc2)C[C@@H]2[C@@H](c3ccc(C#CCC4CCCC4)cc3)[C@@H](CO)N12. The summed E-state index contributed by atoms with van der Waals surface area (Å²) in [4.78, 5) is 14.6. The van der Waals surface area contributed by atoms with Crippen molar-refractivity contribution in [3.8, 4) is 11.8 Å². The fourth-order valence-corrected chi connectivity index (χ4v) is 7.34. The molecule has 1 amide bonds. The van der Waals surface area contributed by atoms with Crippen molar-refractivity contribution in [2.75, 3.05) is 19.7 Å². The number of nitrogens with zero attached hydrogens (tertiary/aromatic N) is 2. The topological polar surface area (TPSA) is 77.9 Å². The summed E-state index contributed by atoms with van der Waals surface area (Å²) >= 11 is 0. The van der Waals surface area contributed by atoms with Crippen LogP contribution in [0.4, 0.5) is 0 Å². The van der Waals surface area contributed by atoms with Crippen molar-refractivity contribution >= 4 is 15.9 Å². The Bertz CT molecular complexity index is 1210. The van der Waals surface area contributed by atoms with E-state index in [-0.39, 0.29) is 49.4 Å². The van der Waals surface area contributed by atoms with Gasteiger partial charge in [0.15, 0.2) is 0 Å². The third-order valence-corrected chi connectivity index (χ3v) is 9.46. The van der Waals surface area contributed by atoms with Gasteiger partial charge in [-0.25, -0.2) is 8.42 Å². The molecular weight excluding hydrogens is 460 g/mol. The quantitative estimate of drug-likeness (QED) is 0.629. The predicted octanol–water partition coefficient (Wildman–Crippen LogP) is 3.12. The minimum Gasteiger partial charge on any atom is -0.394 e. The molecule has 7 heteroatoms. The number of benzene rings is 2. The minimum absolute atomic E-state index is 0.112. The van der Waals surface area contributed by atoms with Gasteiger partial charge in [-0.15, -0.1) is 0 Å². The van der Waals surface area contributed by atoms with Gasteiger partial charge >= 0.3 is 0 Å². The molecule has 5 rings (SSSR count). The summed E-state index contributed by atoms with van der Waals surface area (Å²) in [6.45, 7) is -0.0813. The zero-order valence-corrected chi connectivity index (χ0v) is 20.7. The molecule has 0 unspecified atom stereocenters. The Hall–Kier alpha value is -2.66. The highest BCUT2D eigenvalue weighted by Gasteiger charge is 2.55. The number of aliphatic hydroxyl groups is 1. The van der Waals surface area contributed by atoms with E-state index in [0.717, 1.165) is 23.5 Å². The highest BCUT2D eigenvalue weighted by atomic mass is 32.2. The molecule has 0 radical (unpaired) electrons. The Morgan fingerprint density at radius 2 is 1.71 bits per heavy atom. The standard InChI is InChI=1S/C28H32N2O4S/c31-19-26-28(24-15-13-22(14-16-24)12-6-11-21-7-4-5-8-21)25-17-29(18-27(32)30(25)26)35(33,34)20-23-9-2-1-3-10-23/h1-3,9-10,13-16,21,25-26,28,31H,4-5,7-8,11,17-20H2/t25-,26-,28-/m1/s1. The van der Waals surface area contributed by atoms with E-state index >= 15 is 0 Å². The van der Waals surface area contributed by atoms with Crippen LogP contribution in [0.15, 0.2) is 54.6 Å². The fourth-order valence-electron chi connectivity index (χ4n) is 5.86. The van der Waals surface area contributed by atoms with Crippen LogP contribution in [0.25, 0.3) is 0 Å². The maximum Gasteiger partial charge on any atom is 0.238 e. The minimum atomic E-state index is -3.64. The molecule has 2 heterocycles. The van der Waals surface area contributed by atoms with Gasteiger partial charge < -0.3 is 10.0 Å². The lowest BCUT2D eigenvalue weighted by molar-refractivity contribution is -0.158. The van der Waals surface area contributed by atoms with E-state index in [1.807, 2.05) is 42.5 Å². The molecule has 0 bridgehead atoms. The van der Waals surface area contributed by atoms with Crippen LogP contribution in [0.5, 0.6) is 0 Å². The normalized spacial score (nSPS) is 25.0. The lowest BCUT2D eigenvalue weighted by Crippen LogP contribution is -2.73. The number of aliphatic hydroxyl groups excluding tert-OH is 1. The molecule has 1 N–H and O–H groups in total. The average Bonchev–Trinajstić information content (AvgIpc) is 3.35. The van der Waals surface area contributed by atoms with Gasteiger partial charge in [0.2, 0.25) is 15.9 Å². The van der Waals surface area contributed by atoms with Gasteiger partial charge in [0, 0.05) is 24.4 Å². The highest BCUT2D eigenvalue weighted by molar-refractivity contribution is 7.88. The van der Waals surface area contributed by atoms with Crippen LogP contribution in [-0.2, 0) is 20.6 Å². The summed E-state index contributed by atoms with van der Waals surface area (Å²) in [5, 5.41) is 10.0. The van der Waals surface area contributed by atoms with E-state index in [0.29, 0.717) is 5.56 Å². The molecule has 3 atom stereocenters. The Labute approximate surface area is 208 Å². The number of piperazine rings is 1. The number of carbonyl (C=O) groups excluding carboxylic acids is 1. The number of carbonyl (C=O) groups is 1. The highest BCUT2D eigenvalue weighted by Crippen LogP contribution is 2.43. The molecule has 2 saturated heterocycles. The van der Waals surface area contributed by atoms with Crippen molar-refractivity contribution in [1.82, 2.24) is 9.21 Å². The summed E-state index contributed by atoms with van der Waals surface area (Å²) in [5.41, 5.74) is 2.66. The Balaban J connectivity index is 1.30. The van der Waals surface area contributed by atoms with Crippen LogP contribution in [0.2, 0.25) is 0 Å². The molecular formula is C28H32N2O4S. The zero-order valence-electron chi connectivity index (χ0n) is 19.8. The van der Waals surface area contributed by atoms with Crippen LogP contribution >= 0.6 is 0 Å². The summed E-state index contributed by atoms with van der Waals surface area (Å²) in [7, 11) is -3.64. The molecule has 2 aromatic rings. The van der Waals surface area contributed by atoms with E-state index < -0.39 is 10.0 Å². The molecule has 3 fully saturated rings. The maximum atomic E-state index is 13.1. The van der Waals surface area contributed by atoms with Crippen molar-refractivity contribution in [1.29, 1.82) is 0 Å². The number of sulfonamides is 1. The first-order valence-electron chi connectivity index (χ1n) is 12.5. The van der Waals surface area contributed by atoms with Gasteiger partial charge in [-0.2, -0.15) is 4.31 Å². The van der Waals surface area contributed by atoms with Gasteiger partial charge in [-0.1, -0.05) is 67.1 Å². The molecule has 2 aliphatic heterocycles. The summed E-state index contributed by atoms with van der Waals surface area (Å²) in [6, 6.07) is 16.4. The first kappa shape index (κ1) is 24.1. The average molecular weight is 493 g/mol. The Morgan fingerprint density at radius 3 is 2.40 bits per heavy atom. The molecule has 2 aromatic carbocycles. The van der Waals surface area contributed by atoms with Crippen LogP contribution in [0.3, 0.4) is 0 Å². The van der Waals surface area contributed by atoms with Crippen LogP contribution in [-0.4, -0.2) is 60.4 Å². The predicted molar refractivity (Wildman–Crippen MR) is 135 cm³/mol. The van der Waals surface area contributed by atoms with E-state index in [1.165, 1.54) is 30.0 Å². The lowest BCUT2D eigenvalue weighted by Gasteiger charge is -2.58. The van der Waals surface area contributed by atoms with Crippen LogP contribution in [0, 0.1) is 17.8 Å². The molecule has 1 saturated carbocycles. The molecule has 35 heavy (non-hydrogen) atoms. The smallest absolute Gasteiger partial charge is 0.238 e. The maximum absolute atomic E-state index is 13.1.